The van der Waals surface area contributed by atoms with Crippen LogP contribution in [-0.2, 0) is 0 Å². The fourth-order valence-corrected chi connectivity index (χ4v) is 8.53. The van der Waals surface area contributed by atoms with Crippen molar-refractivity contribution in [2.75, 3.05) is 0 Å². The molecule has 11 rings (SSSR count). The van der Waals surface area contributed by atoms with Crippen molar-refractivity contribution >= 4 is 0 Å². The van der Waals surface area contributed by atoms with E-state index in [2.05, 4.69) is 114 Å². The van der Waals surface area contributed by atoms with Gasteiger partial charge in [-0.05, 0) is 71.5 Å². The summed E-state index contributed by atoms with van der Waals surface area (Å²) >= 11 is 0. The predicted molar refractivity (Wildman–Crippen MR) is 273 cm³/mol. The minimum absolute atomic E-state index is 0.562. The molecule has 0 saturated heterocycles. The van der Waals surface area contributed by atoms with Crippen molar-refractivity contribution in [3.63, 3.8) is 0 Å². The van der Waals surface area contributed by atoms with E-state index in [0.29, 0.717) is 40.8 Å². The second-order valence-electron chi connectivity index (χ2n) is 16.5. The summed E-state index contributed by atoms with van der Waals surface area (Å²) in [5, 5.41) is 0. The summed E-state index contributed by atoms with van der Waals surface area (Å²) in [7, 11) is 0. The second kappa shape index (κ2) is 18.4. The van der Waals surface area contributed by atoms with E-state index in [-0.39, 0.29) is 0 Å². The van der Waals surface area contributed by atoms with Crippen LogP contribution in [0.4, 0.5) is 0 Å². The van der Waals surface area contributed by atoms with Crippen molar-refractivity contribution in [1.29, 1.82) is 0 Å². The average molecular weight is 875 g/mol. The maximum absolute atomic E-state index is 5.27. The summed E-state index contributed by atoms with van der Waals surface area (Å²) in [5.74, 6) is 4.22. The molecule has 0 aliphatic carbocycles. The standard InChI is InChI=1S/C60H42N8/c1-39-35-54(62-40(2)61-39)47-33-34-51(53(38-47)46-28-18-30-49(37-46)58-64-55(42-21-9-4-10-22-42)63-56(65-58)43-23-11-5-12-24-43)50-31-15-16-32-52(50)60-67-57(44-25-13-6-14-26-44)66-59(68-60)48-29-17-27-45(36-48)41-19-7-3-8-20-41/h3-38H,1-2H3. The molecule has 3 heterocycles. The first-order valence-electron chi connectivity index (χ1n) is 22.5. The molecule has 0 saturated carbocycles. The van der Waals surface area contributed by atoms with Gasteiger partial charge in [0.25, 0.3) is 0 Å². The quantitative estimate of drug-likeness (QED) is 0.134. The fourth-order valence-electron chi connectivity index (χ4n) is 8.53. The van der Waals surface area contributed by atoms with E-state index in [1.165, 1.54) is 0 Å². The third-order valence-corrected chi connectivity index (χ3v) is 11.8. The smallest absolute Gasteiger partial charge is 0.164 e. The van der Waals surface area contributed by atoms with Gasteiger partial charge in [-0.25, -0.2) is 39.9 Å². The summed E-state index contributed by atoms with van der Waals surface area (Å²) in [6, 6.07) is 74.2. The Hall–Kier alpha value is -9.14. The highest BCUT2D eigenvalue weighted by atomic mass is 15.0. The third kappa shape index (κ3) is 8.69. The highest BCUT2D eigenvalue weighted by molar-refractivity contribution is 5.93. The van der Waals surface area contributed by atoms with Crippen LogP contribution < -0.4 is 0 Å². The molecule has 8 nitrogen and oxygen atoms in total. The van der Waals surface area contributed by atoms with Gasteiger partial charge in [-0.2, -0.15) is 0 Å². The molecule has 0 aliphatic heterocycles. The minimum atomic E-state index is 0.562. The number of hydrogen-bond donors (Lipinski definition) is 0. The molecule has 8 aromatic carbocycles. The van der Waals surface area contributed by atoms with Crippen LogP contribution in [0.2, 0.25) is 0 Å². The summed E-state index contributed by atoms with van der Waals surface area (Å²) in [6.45, 7) is 3.93. The fraction of sp³-hybridized carbons (Fsp3) is 0.0333. The van der Waals surface area contributed by atoms with Crippen molar-refractivity contribution in [1.82, 2.24) is 39.9 Å². The maximum atomic E-state index is 5.27. The molecule has 11 aromatic rings. The first kappa shape index (κ1) is 41.6. The SMILES string of the molecule is Cc1cc(-c2ccc(-c3ccccc3-c3nc(-c4ccccc4)nc(-c4cccc(-c5ccccc5)c4)n3)c(-c3cccc(-c4nc(-c5ccccc5)nc(-c5ccccc5)n4)c3)c2)nc(C)n1. The van der Waals surface area contributed by atoms with Crippen LogP contribution in [0.1, 0.15) is 11.5 Å². The van der Waals surface area contributed by atoms with Crippen LogP contribution >= 0.6 is 0 Å². The second-order valence-corrected chi connectivity index (χ2v) is 16.5. The van der Waals surface area contributed by atoms with Gasteiger partial charge < -0.3 is 0 Å². The van der Waals surface area contributed by atoms with Crippen LogP contribution in [0.25, 0.3) is 113 Å². The molecule has 0 bridgehead atoms. The van der Waals surface area contributed by atoms with Crippen molar-refractivity contribution in [2.24, 2.45) is 0 Å². The van der Waals surface area contributed by atoms with Gasteiger partial charge in [0.15, 0.2) is 34.9 Å². The molecule has 0 atom stereocenters. The monoisotopic (exact) mass is 874 g/mol. The molecule has 322 valence electrons. The first-order valence-corrected chi connectivity index (χ1v) is 22.5. The summed E-state index contributed by atoms with van der Waals surface area (Å²) in [4.78, 5) is 40.2. The van der Waals surface area contributed by atoms with Gasteiger partial charge in [-0.1, -0.05) is 194 Å². The largest absolute Gasteiger partial charge is 0.239 e. The zero-order valence-corrected chi connectivity index (χ0v) is 37.4. The molecule has 0 radical (unpaired) electrons. The predicted octanol–water partition coefficient (Wildman–Crippen LogP) is 14.1. The Morgan fingerprint density at radius 2 is 0.618 bits per heavy atom. The number of nitrogens with zero attached hydrogens (tertiary/aromatic N) is 8. The van der Waals surface area contributed by atoms with Gasteiger partial charge in [-0.3, -0.25) is 0 Å². The minimum Gasteiger partial charge on any atom is -0.239 e. The molecular formula is C60H42N8. The molecule has 0 amide bonds. The number of hydrogen-bond acceptors (Lipinski definition) is 8. The Kier molecular flexibility index (Phi) is 11.2. The molecule has 0 fully saturated rings. The van der Waals surface area contributed by atoms with Gasteiger partial charge in [0.2, 0.25) is 0 Å². The lowest BCUT2D eigenvalue weighted by Crippen LogP contribution is -2.02. The third-order valence-electron chi connectivity index (χ3n) is 11.8. The number of aryl methyl sites for hydroxylation is 2. The molecule has 0 spiro atoms. The van der Waals surface area contributed by atoms with Crippen molar-refractivity contribution < 1.29 is 0 Å². The molecular weight excluding hydrogens is 833 g/mol. The van der Waals surface area contributed by atoms with Crippen LogP contribution in [0.5, 0.6) is 0 Å². The number of rotatable bonds is 10. The van der Waals surface area contributed by atoms with E-state index in [1.807, 2.05) is 123 Å². The van der Waals surface area contributed by atoms with E-state index in [9.17, 15) is 0 Å². The van der Waals surface area contributed by atoms with Crippen LogP contribution in [-0.4, -0.2) is 39.9 Å². The Bertz CT molecular complexity index is 3500. The first-order chi connectivity index (χ1) is 33.5. The highest BCUT2D eigenvalue weighted by Crippen LogP contribution is 2.41. The van der Waals surface area contributed by atoms with Gasteiger partial charge >= 0.3 is 0 Å². The van der Waals surface area contributed by atoms with E-state index in [0.717, 1.165) is 83.7 Å². The Labute approximate surface area is 394 Å². The maximum Gasteiger partial charge on any atom is 0.164 e. The normalized spacial score (nSPS) is 11.1. The number of aromatic nitrogens is 8. The topological polar surface area (TPSA) is 103 Å². The summed E-state index contributed by atoms with van der Waals surface area (Å²) in [6.07, 6.45) is 0. The van der Waals surface area contributed by atoms with E-state index >= 15 is 0 Å². The van der Waals surface area contributed by atoms with Crippen molar-refractivity contribution in [3.05, 3.63) is 230 Å². The molecule has 0 aliphatic rings. The van der Waals surface area contributed by atoms with Crippen molar-refractivity contribution in [2.45, 2.75) is 13.8 Å². The average Bonchev–Trinajstić information content (AvgIpc) is 3.41. The Morgan fingerprint density at radius 1 is 0.221 bits per heavy atom. The zero-order chi connectivity index (χ0) is 45.8. The zero-order valence-electron chi connectivity index (χ0n) is 37.4. The van der Waals surface area contributed by atoms with E-state index in [1.54, 1.807) is 0 Å². The number of benzene rings is 8. The van der Waals surface area contributed by atoms with Gasteiger partial charge in [0, 0.05) is 44.6 Å². The lowest BCUT2D eigenvalue weighted by Gasteiger charge is -2.17. The van der Waals surface area contributed by atoms with Crippen LogP contribution in [0.15, 0.2) is 218 Å². The summed E-state index contributed by atoms with van der Waals surface area (Å²) in [5.41, 5.74) is 14.1. The summed E-state index contributed by atoms with van der Waals surface area (Å²) < 4.78 is 0. The van der Waals surface area contributed by atoms with Crippen LogP contribution in [0.3, 0.4) is 0 Å². The molecule has 0 N–H and O–H groups in total. The molecule has 0 unspecified atom stereocenters. The molecule has 68 heavy (non-hydrogen) atoms. The van der Waals surface area contributed by atoms with Gasteiger partial charge in [-0.15, -0.1) is 0 Å². The Morgan fingerprint density at radius 3 is 1.15 bits per heavy atom. The van der Waals surface area contributed by atoms with E-state index in [4.69, 9.17) is 34.9 Å². The van der Waals surface area contributed by atoms with Crippen LogP contribution in [0, 0.1) is 13.8 Å². The molecule has 8 heteroatoms. The Balaban J connectivity index is 1.09. The van der Waals surface area contributed by atoms with E-state index < -0.39 is 0 Å². The van der Waals surface area contributed by atoms with Gasteiger partial charge in [0.1, 0.15) is 5.82 Å². The highest BCUT2D eigenvalue weighted by Gasteiger charge is 2.20. The van der Waals surface area contributed by atoms with Gasteiger partial charge in [0.05, 0.1) is 5.69 Å². The van der Waals surface area contributed by atoms with Crippen molar-refractivity contribution in [3.8, 4) is 113 Å². The molecule has 3 aromatic heterocycles. The lowest BCUT2D eigenvalue weighted by molar-refractivity contribution is 1.02. The lowest BCUT2D eigenvalue weighted by atomic mass is 9.89.